The fourth-order valence-corrected chi connectivity index (χ4v) is 4.80. The quantitative estimate of drug-likeness (QED) is 0.806. The molecule has 98 valence electrons. The molecule has 0 aromatic heterocycles. The van der Waals surface area contributed by atoms with Crippen LogP contribution in [0.1, 0.15) is 25.7 Å². The van der Waals surface area contributed by atoms with E-state index >= 15 is 0 Å². The Balaban J connectivity index is 1.58. The normalized spacial score (nSPS) is 34.8. The third kappa shape index (κ3) is 2.66. The lowest BCUT2D eigenvalue weighted by molar-refractivity contribution is 0.227. The molecule has 0 aromatic carbocycles. The highest BCUT2D eigenvalue weighted by atomic mass is 32.2. The highest BCUT2D eigenvalue weighted by Gasteiger charge is 2.37. The molecule has 2 saturated heterocycles. The molecule has 3 fully saturated rings. The minimum atomic E-state index is -2.97. The fraction of sp³-hybridized carbons (Fsp3) is 1.00. The molecule has 2 heterocycles. The van der Waals surface area contributed by atoms with Crippen LogP contribution in [0.5, 0.6) is 0 Å². The second kappa shape index (κ2) is 4.52. The first-order chi connectivity index (χ1) is 8.15. The third-order valence-electron chi connectivity index (χ3n) is 4.54. The summed E-state index contributed by atoms with van der Waals surface area (Å²) in [5.74, 6) is 2.35. The number of sulfonamides is 1. The first kappa shape index (κ1) is 11.9. The van der Waals surface area contributed by atoms with Gasteiger partial charge >= 0.3 is 0 Å². The number of rotatable bonds is 4. The van der Waals surface area contributed by atoms with Crippen LogP contribution in [0.3, 0.4) is 0 Å². The highest BCUT2D eigenvalue weighted by Crippen LogP contribution is 2.34. The van der Waals surface area contributed by atoms with E-state index in [2.05, 4.69) is 5.32 Å². The lowest BCUT2D eigenvalue weighted by Gasteiger charge is -2.33. The summed E-state index contributed by atoms with van der Waals surface area (Å²) < 4.78 is 26.2. The van der Waals surface area contributed by atoms with Gasteiger partial charge in [0.2, 0.25) is 10.0 Å². The second-order valence-electron chi connectivity index (χ2n) is 5.87. The van der Waals surface area contributed by atoms with Gasteiger partial charge in [-0.1, -0.05) is 12.8 Å². The molecule has 1 aliphatic carbocycles. The van der Waals surface area contributed by atoms with Crippen molar-refractivity contribution in [2.24, 2.45) is 17.8 Å². The van der Waals surface area contributed by atoms with Crippen molar-refractivity contribution in [2.45, 2.75) is 25.7 Å². The van der Waals surface area contributed by atoms with Crippen LogP contribution >= 0.6 is 0 Å². The van der Waals surface area contributed by atoms with E-state index in [4.69, 9.17) is 0 Å². The molecule has 2 atom stereocenters. The first-order valence-corrected chi connectivity index (χ1v) is 8.44. The summed E-state index contributed by atoms with van der Waals surface area (Å²) in [4.78, 5) is 0. The van der Waals surface area contributed by atoms with Crippen LogP contribution in [0.4, 0.5) is 0 Å². The monoisotopic (exact) mass is 258 g/mol. The van der Waals surface area contributed by atoms with E-state index in [1.807, 2.05) is 0 Å². The minimum absolute atomic E-state index is 0.377. The Morgan fingerprint density at radius 1 is 1.12 bits per heavy atom. The molecule has 17 heavy (non-hydrogen) atoms. The lowest BCUT2D eigenvalue weighted by atomic mass is 9.90. The summed E-state index contributed by atoms with van der Waals surface area (Å²) >= 11 is 0. The van der Waals surface area contributed by atoms with E-state index in [0.29, 0.717) is 23.5 Å². The van der Waals surface area contributed by atoms with E-state index in [1.54, 1.807) is 4.31 Å². The maximum atomic E-state index is 12.2. The summed E-state index contributed by atoms with van der Waals surface area (Å²) in [5, 5.41) is 3.38. The van der Waals surface area contributed by atoms with Crippen molar-refractivity contribution in [2.75, 3.05) is 31.9 Å². The molecule has 0 bridgehead atoms. The molecule has 0 aromatic rings. The Hall–Kier alpha value is -0.130. The van der Waals surface area contributed by atoms with Gasteiger partial charge in [0.15, 0.2) is 0 Å². The fourth-order valence-electron chi connectivity index (χ4n) is 3.11. The zero-order chi connectivity index (χ0) is 11.9. The molecule has 3 rings (SSSR count). The van der Waals surface area contributed by atoms with Crippen molar-refractivity contribution >= 4 is 10.0 Å². The van der Waals surface area contributed by atoms with Crippen molar-refractivity contribution in [3.63, 3.8) is 0 Å². The van der Waals surface area contributed by atoms with Crippen LogP contribution in [0.25, 0.3) is 0 Å². The first-order valence-electron chi connectivity index (χ1n) is 6.84. The molecule has 0 radical (unpaired) electrons. The van der Waals surface area contributed by atoms with E-state index in [9.17, 15) is 8.42 Å². The zero-order valence-corrected chi connectivity index (χ0v) is 11.1. The van der Waals surface area contributed by atoms with Crippen LogP contribution in [-0.2, 0) is 10.0 Å². The Morgan fingerprint density at radius 3 is 2.65 bits per heavy atom. The van der Waals surface area contributed by atoms with E-state index in [-0.39, 0.29) is 0 Å². The zero-order valence-electron chi connectivity index (χ0n) is 10.3. The molecule has 2 aliphatic heterocycles. The van der Waals surface area contributed by atoms with Crippen LogP contribution < -0.4 is 5.32 Å². The van der Waals surface area contributed by atoms with Gasteiger partial charge in [-0.25, -0.2) is 12.7 Å². The predicted octanol–water partition coefficient (Wildman–Crippen LogP) is 0.658. The van der Waals surface area contributed by atoms with Gasteiger partial charge in [0.1, 0.15) is 0 Å². The Morgan fingerprint density at radius 2 is 1.88 bits per heavy atom. The number of hydrogen-bond donors (Lipinski definition) is 1. The number of piperidine rings is 1. The summed E-state index contributed by atoms with van der Waals surface area (Å²) in [6, 6.07) is 0. The van der Waals surface area contributed by atoms with Crippen LogP contribution in [0.2, 0.25) is 0 Å². The average molecular weight is 258 g/mol. The van der Waals surface area contributed by atoms with Crippen molar-refractivity contribution in [3.05, 3.63) is 0 Å². The molecular formula is C12H22N2O2S. The maximum Gasteiger partial charge on any atom is 0.214 e. The van der Waals surface area contributed by atoms with Crippen molar-refractivity contribution in [1.29, 1.82) is 0 Å². The van der Waals surface area contributed by atoms with Crippen LogP contribution in [0, 0.1) is 17.8 Å². The molecule has 0 amide bonds. The Kier molecular flexibility index (Phi) is 3.17. The standard InChI is InChI=1S/C12H22N2O2S/c15-17(16,6-4-10-1-2-10)14-5-3-11-7-13-8-12(11)9-14/h10-13H,1-9H2. The summed E-state index contributed by atoms with van der Waals surface area (Å²) in [6.07, 6.45) is 4.40. The molecular weight excluding hydrogens is 236 g/mol. The molecule has 1 N–H and O–H groups in total. The predicted molar refractivity (Wildman–Crippen MR) is 67.2 cm³/mol. The van der Waals surface area contributed by atoms with Gasteiger partial charge in [0.05, 0.1) is 5.75 Å². The smallest absolute Gasteiger partial charge is 0.214 e. The minimum Gasteiger partial charge on any atom is -0.316 e. The molecule has 0 spiro atoms. The van der Waals surface area contributed by atoms with Gasteiger partial charge in [0, 0.05) is 13.1 Å². The SMILES string of the molecule is O=S(=O)(CCC1CC1)N1CCC2CNCC2C1. The molecule has 5 heteroatoms. The summed E-state index contributed by atoms with van der Waals surface area (Å²) in [5.41, 5.74) is 0. The average Bonchev–Trinajstić information content (AvgIpc) is 3.02. The molecule has 4 nitrogen and oxygen atoms in total. The van der Waals surface area contributed by atoms with Gasteiger partial charge in [-0.05, 0) is 43.7 Å². The number of nitrogens with one attached hydrogen (secondary N) is 1. The van der Waals surface area contributed by atoms with Crippen LogP contribution in [-0.4, -0.2) is 44.7 Å². The molecule has 1 saturated carbocycles. The van der Waals surface area contributed by atoms with Crippen molar-refractivity contribution in [3.8, 4) is 0 Å². The highest BCUT2D eigenvalue weighted by molar-refractivity contribution is 7.89. The van der Waals surface area contributed by atoms with E-state index in [0.717, 1.165) is 39.0 Å². The summed E-state index contributed by atoms with van der Waals surface area (Å²) in [6.45, 7) is 3.58. The van der Waals surface area contributed by atoms with Gasteiger partial charge in [0.25, 0.3) is 0 Å². The van der Waals surface area contributed by atoms with Gasteiger partial charge in [-0.3, -0.25) is 0 Å². The van der Waals surface area contributed by atoms with E-state index in [1.165, 1.54) is 12.8 Å². The van der Waals surface area contributed by atoms with Gasteiger partial charge < -0.3 is 5.32 Å². The number of fused-ring (bicyclic) bond motifs is 1. The Bertz CT molecular complexity index is 378. The van der Waals surface area contributed by atoms with Crippen molar-refractivity contribution < 1.29 is 8.42 Å². The Labute approximate surface area is 104 Å². The summed E-state index contributed by atoms with van der Waals surface area (Å²) in [7, 11) is -2.97. The van der Waals surface area contributed by atoms with Crippen molar-refractivity contribution in [1.82, 2.24) is 9.62 Å². The second-order valence-corrected chi connectivity index (χ2v) is 7.96. The number of nitrogens with zero attached hydrogens (tertiary/aromatic N) is 1. The maximum absolute atomic E-state index is 12.2. The van der Waals surface area contributed by atoms with Crippen LogP contribution in [0.15, 0.2) is 0 Å². The third-order valence-corrected chi connectivity index (χ3v) is 6.41. The van der Waals surface area contributed by atoms with Gasteiger partial charge in [-0.15, -0.1) is 0 Å². The molecule has 3 aliphatic rings. The van der Waals surface area contributed by atoms with Gasteiger partial charge in [-0.2, -0.15) is 0 Å². The van der Waals surface area contributed by atoms with E-state index < -0.39 is 10.0 Å². The molecule has 2 unspecified atom stereocenters. The lowest BCUT2D eigenvalue weighted by Crippen LogP contribution is -2.44. The largest absolute Gasteiger partial charge is 0.316 e. The number of hydrogen-bond acceptors (Lipinski definition) is 3. The topological polar surface area (TPSA) is 49.4 Å².